The molecular formula is C28H32N2O4S. The van der Waals surface area contributed by atoms with Crippen LogP contribution in [0.2, 0.25) is 0 Å². The third-order valence-electron chi connectivity index (χ3n) is 6.43. The van der Waals surface area contributed by atoms with Crippen LogP contribution in [-0.2, 0) is 11.3 Å². The molecule has 1 atom stereocenters. The van der Waals surface area contributed by atoms with Crippen LogP contribution in [0.3, 0.4) is 0 Å². The molecule has 1 heterocycles. The van der Waals surface area contributed by atoms with Crippen LogP contribution in [0.5, 0.6) is 11.5 Å². The van der Waals surface area contributed by atoms with Crippen molar-refractivity contribution in [1.29, 1.82) is 0 Å². The van der Waals surface area contributed by atoms with Gasteiger partial charge in [0.1, 0.15) is 17.5 Å². The summed E-state index contributed by atoms with van der Waals surface area (Å²) in [4.78, 5) is 29.9. The fourth-order valence-corrected chi connectivity index (χ4v) is 5.24. The summed E-state index contributed by atoms with van der Waals surface area (Å²) in [5, 5.41) is 5.13. The number of hydrogen-bond acceptors (Lipinski definition) is 5. The van der Waals surface area contributed by atoms with E-state index in [0.29, 0.717) is 10.6 Å². The first kappa shape index (κ1) is 24.8. The second-order valence-corrected chi connectivity index (χ2v) is 9.73. The number of rotatable bonds is 9. The summed E-state index contributed by atoms with van der Waals surface area (Å²) in [6.45, 7) is 0.278. The van der Waals surface area contributed by atoms with Gasteiger partial charge >= 0.3 is 0 Å². The second-order valence-electron chi connectivity index (χ2n) is 8.78. The summed E-state index contributed by atoms with van der Waals surface area (Å²) in [5.41, 5.74) is 1.63. The van der Waals surface area contributed by atoms with Crippen molar-refractivity contribution in [3.8, 4) is 11.5 Å². The molecule has 0 radical (unpaired) electrons. The highest BCUT2D eigenvalue weighted by atomic mass is 32.1. The average molecular weight is 493 g/mol. The fourth-order valence-electron chi connectivity index (χ4n) is 4.56. The Labute approximate surface area is 210 Å². The highest BCUT2D eigenvalue weighted by molar-refractivity contribution is 7.12. The van der Waals surface area contributed by atoms with Crippen molar-refractivity contribution < 1.29 is 19.1 Å². The van der Waals surface area contributed by atoms with E-state index in [9.17, 15) is 9.59 Å². The fraction of sp³-hybridized carbons (Fsp3) is 0.357. The Morgan fingerprint density at radius 3 is 2.37 bits per heavy atom. The van der Waals surface area contributed by atoms with Gasteiger partial charge in [-0.25, -0.2) is 0 Å². The Hall–Kier alpha value is -3.32. The molecule has 1 aliphatic rings. The van der Waals surface area contributed by atoms with Crippen LogP contribution < -0.4 is 14.8 Å². The Morgan fingerprint density at radius 2 is 1.71 bits per heavy atom. The molecule has 3 aromatic rings. The third-order valence-corrected chi connectivity index (χ3v) is 7.28. The smallest absolute Gasteiger partial charge is 0.265 e. The standard InChI is InChI=1S/C28H32N2O4S/c1-33-23-15-13-20(14-16-23)19-30(28(32)25-12-7-17-35-25)26(21-8-6-11-24(18-21)34-2)27(31)29-22-9-4-3-5-10-22/h6-8,11-18,22,26H,3-5,9-10,19H2,1-2H3,(H,29,31). The van der Waals surface area contributed by atoms with Crippen LogP contribution in [0.1, 0.15) is 58.9 Å². The maximum Gasteiger partial charge on any atom is 0.265 e. The SMILES string of the molecule is COc1ccc(CN(C(=O)c2cccs2)C(C(=O)NC2CCCCC2)c2cccc(OC)c2)cc1. The molecule has 4 rings (SSSR count). The predicted molar refractivity (Wildman–Crippen MR) is 138 cm³/mol. The number of nitrogens with one attached hydrogen (secondary N) is 1. The average Bonchev–Trinajstić information content (AvgIpc) is 3.44. The van der Waals surface area contributed by atoms with Crippen LogP contribution in [0.4, 0.5) is 0 Å². The lowest BCUT2D eigenvalue weighted by atomic mass is 9.94. The van der Waals surface area contributed by atoms with E-state index in [4.69, 9.17) is 9.47 Å². The zero-order valence-electron chi connectivity index (χ0n) is 20.2. The second kappa shape index (κ2) is 11.9. The molecule has 1 aromatic heterocycles. The van der Waals surface area contributed by atoms with Gasteiger partial charge in [-0.15, -0.1) is 11.3 Å². The molecule has 7 heteroatoms. The minimum atomic E-state index is -0.802. The molecule has 0 aliphatic heterocycles. The van der Waals surface area contributed by atoms with E-state index in [-0.39, 0.29) is 24.4 Å². The van der Waals surface area contributed by atoms with Crippen molar-refractivity contribution in [2.75, 3.05) is 14.2 Å². The molecule has 0 saturated heterocycles. The minimum absolute atomic E-state index is 0.129. The van der Waals surface area contributed by atoms with Gasteiger partial charge in [0.25, 0.3) is 5.91 Å². The van der Waals surface area contributed by atoms with E-state index in [1.807, 2.05) is 60.0 Å². The maximum atomic E-state index is 13.9. The Kier molecular flexibility index (Phi) is 8.42. The molecule has 2 aromatic carbocycles. The normalized spacial score (nSPS) is 14.7. The number of ether oxygens (including phenoxy) is 2. The zero-order valence-corrected chi connectivity index (χ0v) is 21.1. The van der Waals surface area contributed by atoms with Crippen LogP contribution >= 0.6 is 11.3 Å². The first-order valence-corrected chi connectivity index (χ1v) is 12.9. The number of hydrogen-bond donors (Lipinski definition) is 1. The van der Waals surface area contributed by atoms with E-state index < -0.39 is 6.04 Å². The number of thiophene rings is 1. The van der Waals surface area contributed by atoms with Crippen LogP contribution in [0, 0.1) is 0 Å². The summed E-state index contributed by atoms with van der Waals surface area (Å²) in [5.74, 6) is 1.04. The molecule has 2 amide bonds. The molecule has 1 N–H and O–H groups in total. The van der Waals surface area contributed by atoms with Gasteiger partial charge in [-0.3, -0.25) is 9.59 Å². The summed E-state index contributed by atoms with van der Waals surface area (Å²) >= 11 is 1.38. The van der Waals surface area contributed by atoms with Crippen LogP contribution in [-0.4, -0.2) is 37.0 Å². The van der Waals surface area contributed by atoms with E-state index in [2.05, 4.69) is 5.32 Å². The van der Waals surface area contributed by atoms with Gasteiger partial charge in [0, 0.05) is 12.6 Å². The Bertz CT molecular complexity index is 1110. The lowest BCUT2D eigenvalue weighted by molar-refractivity contribution is -0.127. The van der Waals surface area contributed by atoms with Crippen molar-refractivity contribution in [3.05, 3.63) is 82.0 Å². The molecule has 1 aliphatic carbocycles. The maximum absolute atomic E-state index is 13.9. The molecular weight excluding hydrogens is 460 g/mol. The molecule has 1 saturated carbocycles. The predicted octanol–water partition coefficient (Wildman–Crippen LogP) is 5.60. The number of benzene rings is 2. The van der Waals surface area contributed by atoms with Gasteiger partial charge in [0.2, 0.25) is 5.91 Å². The van der Waals surface area contributed by atoms with E-state index >= 15 is 0 Å². The molecule has 0 bridgehead atoms. The molecule has 0 spiro atoms. The quantitative estimate of drug-likeness (QED) is 0.422. The third kappa shape index (κ3) is 6.22. The highest BCUT2D eigenvalue weighted by Gasteiger charge is 2.34. The zero-order chi connectivity index (χ0) is 24.6. The van der Waals surface area contributed by atoms with Gasteiger partial charge in [-0.1, -0.05) is 49.6 Å². The van der Waals surface area contributed by atoms with Crippen molar-refractivity contribution in [2.45, 2.75) is 50.7 Å². The number of carbonyl (C=O) groups is 2. The van der Waals surface area contributed by atoms with Crippen LogP contribution in [0.15, 0.2) is 66.0 Å². The van der Waals surface area contributed by atoms with Crippen LogP contribution in [0.25, 0.3) is 0 Å². The summed E-state index contributed by atoms with van der Waals surface area (Å²) < 4.78 is 10.7. The first-order chi connectivity index (χ1) is 17.1. The van der Waals surface area contributed by atoms with E-state index in [1.54, 1.807) is 25.2 Å². The van der Waals surface area contributed by atoms with E-state index in [0.717, 1.165) is 42.6 Å². The lowest BCUT2D eigenvalue weighted by Gasteiger charge is -2.33. The molecule has 35 heavy (non-hydrogen) atoms. The van der Waals surface area contributed by atoms with Gasteiger partial charge in [-0.05, 0) is 59.7 Å². The Morgan fingerprint density at radius 1 is 0.971 bits per heavy atom. The Balaban J connectivity index is 1.73. The number of amides is 2. The monoisotopic (exact) mass is 492 g/mol. The van der Waals surface area contributed by atoms with Crippen molar-refractivity contribution in [3.63, 3.8) is 0 Å². The number of nitrogens with zero attached hydrogens (tertiary/aromatic N) is 1. The summed E-state index contributed by atoms with van der Waals surface area (Å²) in [6.07, 6.45) is 5.35. The molecule has 1 unspecified atom stereocenters. The van der Waals surface area contributed by atoms with Gasteiger partial charge < -0.3 is 19.7 Å². The topological polar surface area (TPSA) is 67.9 Å². The molecule has 6 nitrogen and oxygen atoms in total. The highest BCUT2D eigenvalue weighted by Crippen LogP contribution is 2.30. The number of methoxy groups -OCH3 is 2. The molecule has 184 valence electrons. The summed E-state index contributed by atoms with van der Waals surface area (Å²) in [6, 6.07) is 18.0. The first-order valence-electron chi connectivity index (χ1n) is 12.0. The van der Waals surface area contributed by atoms with Gasteiger partial charge in [0.05, 0.1) is 19.1 Å². The van der Waals surface area contributed by atoms with E-state index in [1.165, 1.54) is 17.8 Å². The lowest BCUT2D eigenvalue weighted by Crippen LogP contribution is -2.46. The largest absolute Gasteiger partial charge is 0.497 e. The van der Waals surface area contributed by atoms with Crippen molar-refractivity contribution >= 4 is 23.2 Å². The van der Waals surface area contributed by atoms with Crippen molar-refractivity contribution in [2.24, 2.45) is 0 Å². The number of carbonyl (C=O) groups excluding carboxylic acids is 2. The minimum Gasteiger partial charge on any atom is -0.497 e. The van der Waals surface area contributed by atoms with Gasteiger partial charge in [-0.2, -0.15) is 0 Å². The molecule has 1 fully saturated rings. The summed E-state index contributed by atoms with van der Waals surface area (Å²) in [7, 11) is 3.22. The van der Waals surface area contributed by atoms with Crippen molar-refractivity contribution in [1.82, 2.24) is 10.2 Å². The van der Waals surface area contributed by atoms with Gasteiger partial charge in [0.15, 0.2) is 0 Å².